The molecule has 6 rings (SSSR count). The Kier molecular flexibility index (Phi) is 4.31. The van der Waals surface area contributed by atoms with Gasteiger partial charge in [0.1, 0.15) is 36.4 Å². The second-order valence-corrected chi connectivity index (χ2v) is 8.76. The SMILES string of the molecule is CC1CC1c1cnc2cc(OCC3CCC(n4ccc5c(N)ncnc54)O3)ccc2c1. The van der Waals surface area contributed by atoms with E-state index in [1.54, 1.807) is 0 Å². The molecule has 2 N–H and O–H groups in total. The number of nitrogens with zero attached hydrogens (tertiary/aromatic N) is 4. The molecule has 7 heteroatoms. The van der Waals surface area contributed by atoms with Gasteiger partial charge in [0.2, 0.25) is 0 Å². The molecule has 7 nitrogen and oxygen atoms in total. The first kappa shape index (κ1) is 18.6. The molecule has 4 atom stereocenters. The van der Waals surface area contributed by atoms with Crippen molar-refractivity contribution in [2.24, 2.45) is 5.92 Å². The molecule has 0 bridgehead atoms. The van der Waals surface area contributed by atoms with Gasteiger partial charge in [-0.3, -0.25) is 4.98 Å². The van der Waals surface area contributed by atoms with Crippen LogP contribution in [-0.2, 0) is 4.74 Å². The largest absolute Gasteiger partial charge is 0.491 e. The minimum Gasteiger partial charge on any atom is -0.491 e. The first-order valence-electron chi connectivity index (χ1n) is 10.9. The molecule has 4 unspecified atom stereocenters. The van der Waals surface area contributed by atoms with Gasteiger partial charge in [-0.25, -0.2) is 9.97 Å². The summed E-state index contributed by atoms with van der Waals surface area (Å²) in [5.41, 5.74) is 9.07. The number of rotatable bonds is 5. The van der Waals surface area contributed by atoms with E-state index in [1.165, 1.54) is 23.7 Å². The molecule has 31 heavy (non-hydrogen) atoms. The number of hydrogen-bond donors (Lipinski definition) is 1. The van der Waals surface area contributed by atoms with Crippen LogP contribution in [0.3, 0.4) is 0 Å². The zero-order valence-electron chi connectivity index (χ0n) is 17.4. The lowest BCUT2D eigenvalue weighted by Crippen LogP contribution is -2.18. The number of benzene rings is 1. The minimum absolute atomic E-state index is 0.0315. The Balaban J connectivity index is 1.12. The molecular formula is C24H25N5O2. The number of anilines is 1. The quantitative estimate of drug-likeness (QED) is 0.518. The Bertz CT molecular complexity index is 1270. The summed E-state index contributed by atoms with van der Waals surface area (Å²) in [6.45, 7) is 2.80. The van der Waals surface area contributed by atoms with Gasteiger partial charge in [0.15, 0.2) is 0 Å². The third kappa shape index (κ3) is 3.39. The fourth-order valence-electron chi connectivity index (χ4n) is 4.62. The topological polar surface area (TPSA) is 88.1 Å². The number of nitrogen functional groups attached to an aromatic ring is 1. The Morgan fingerprint density at radius 1 is 1.16 bits per heavy atom. The van der Waals surface area contributed by atoms with E-state index >= 15 is 0 Å². The number of nitrogens with two attached hydrogens (primary N) is 1. The van der Waals surface area contributed by atoms with Crippen LogP contribution in [0, 0.1) is 5.92 Å². The summed E-state index contributed by atoms with van der Waals surface area (Å²) in [6, 6.07) is 10.3. The van der Waals surface area contributed by atoms with Crippen molar-refractivity contribution in [1.82, 2.24) is 19.5 Å². The Morgan fingerprint density at radius 3 is 2.94 bits per heavy atom. The van der Waals surface area contributed by atoms with Crippen LogP contribution in [-0.4, -0.2) is 32.2 Å². The first-order chi connectivity index (χ1) is 15.2. The first-order valence-corrected chi connectivity index (χ1v) is 10.9. The third-order valence-electron chi connectivity index (χ3n) is 6.59. The summed E-state index contributed by atoms with van der Waals surface area (Å²) >= 11 is 0. The molecule has 1 aromatic carbocycles. The number of ether oxygens (including phenoxy) is 2. The van der Waals surface area contributed by atoms with Crippen molar-refractivity contribution in [3.8, 4) is 5.75 Å². The number of hydrogen-bond acceptors (Lipinski definition) is 6. The summed E-state index contributed by atoms with van der Waals surface area (Å²) in [5.74, 6) is 2.78. The Morgan fingerprint density at radius 2 is 2.06 bits per heavy atom. The molecule has 3 aromatic heterocycles. The van der Waals surface area contributed by atoms with Crippen molar-refractivity contribution < 1.29 is 9.47 Å². The van der Waals surface area contributed by atoms with Gasteiger partial charge in [-0.2, -0.15) is 0 Å². The molecule has 158 valence electrons. The van der Waals surface area contributed by atoms with Crippen LogP contribution in [0.4, 0.5) is 5.82 Å². The van der Waals surface area contributed by atoms with Gasteiger partial charge in [0, 0.05) is 23.8 Å². The zero-order valence-corrected chi connectivity index (χ0v) is 17.4. The van der Waals surface area contributed by atoms with Crippen LogP contribution in [0.15, 0.2) is 49.1 Å². The van der Waals surface area contributed by atoms with Gasteiger partial charge in [-0.05, 0) is 60.9 Å². The lowest BCUT2D eigenvalue weighted by atomic mass is 10.1. The van der Waals surface area contributed by atoms with Crippen molar-refractivity contribution in [2.45, 2.75) is 44.4 Å². The maximum absolute atomic E-state index is 6.24. The summed E-state index contributed by atoms with van der Waals surface area (Å²) in [6.07, 6.45) is 8.55. The molecule has 1 saturated carbocycles. The molecular weight excluding hydrogens is 390 g/mol. The lowest BCUT2D eigenvalue weighted by Gasteiger charge is -2.16. The summed E-state index contributed by atoms with van der Waals surface area (Å²) in [7, 11) is 0. The van der Waals surface area contributed by atoms with Gasteiger partial charge < -0.3 is 19.8 Å². The molecule has 1 saturated heterocycles. The Hall–Kier alpha value is -3.19. The number of aromatic nitrogens is 4. The molecule has 2 aliphatic rings. The van der Waals surface area contributed by atoms with Gasteiger partial charge >= 0.3 is 0 Å². The lowest BCUT2D eigenvalue weighted by molar-refractivity contribution is -0.0156. The highest BCUT2D eigenvalue weighted by atomic mass is 16.6. The average molecular weight is 415 g/mol. The van der Waals surface area contributed by atoms with E-state index in [-0.39, 0.29) is 12.3 Å². The van der Waals surface area contributed by atoms with E-state index in [4.69, 9.17) is 15.2 Å². The van der Waals surface area contributed by atoms with Crippen LogP contribution in [0.5, 0.6) is 5.75 Å². The molecule has 0 radical (unpaired) electrons. The molecule has 4 aromatic rings. The Labute approximate surface area is 180 Å². The fraction of sp³-hybridized carbons (Fsp3) is 0.375. The summed E-state index contributed by atoms with van der Waals surface area (Å²) in [4.78, 5) is 13.1. The van der Waals surface area contributed by atoms with E-state index in [1.807, 2.05) is 35.2 Å². The summed E-state index contributed by atoms with van der Waals surface area (Å²) < 4.78 is 14.3. The van der Waals surface area contributed by atoms with Crippen LogP contribution in [0.2, 0.25) is 0 Å². The van der Waals surface area contributed by atoms with Gasteiger partial charge in [-0.1, -0.05) is 6.92 Å². The number of fused-ring (bicyclic) bond motifs is 2. The highest BCUT2D eigenvalue weighted by Crippen LogP contribution is 2.47. The van der Waals surface area contributed by atoms with Crippen molar-refractivity contribution >= 4 is 27.8 Å². The molecule has 0 spiro atoms. The standard InChI is InChI=1S/C24H25N5O2/c1-14-8-20(14)16-9-15-2-3-17(10-21(15)26-11-16)30-12-18-4-5-22(31-18)29-7-6-19-23(25)27-13-28-24(19)29/h2-3,6-7,9-11,13-14,18,20,22H,4-5,8,12H2,1H3,(H2,25,27,28). The van der Waals surface area contributed by atoms with Gasteiger partial charge in [0.05, 0.1) is 17.0 Å². The highest BCUT2D eigenvalue weighted by molar-refractivity contribution is 5.86. The predicted octanol–water partition coefficient (Wildman–Crippen LogP) is 4.44. The van der Waals surface area contributed by atoms with E-state index in [0.29, 0.717) is 18.3 Å². The zero-order chi connectivity index (χ0) is 20.9. The van der Waals surface area contributed by atoms with E-state index in [0.717, 1.165) is 41.1 Å². The van der Waals surface area contributed by atoms with Crippen LogP contribution in [0.25, 0.3) is 21.9 Å². The van der Waals surface area contributed by atoms with Crippen molar-refractivity contribution in [3.63, 3.8) is 0 Å². The molecule has 1 aliphatic heterocycles. The second kappa shape index (κ2) is 7.20. The van der Waals surface area contributed by atoms with Crippen LogP contribution in [0.1, 0.15) is 43.9 Å². The smallest absolute Gasteiger partial charge is 0.147 e. The monoisotopic (exact) mass is 415 g/mol. The molecule has 2 fully saturated rings. The average Bonchev–Trinajstić information content (AvgIpc) is 3.16. The maximum Gasteiger partial charge on any atom is 0.147 e. The fourth-order valence-corrected chi connectivity index (χ4v) is 4.62. The minimum atomic E-state index is -0.0677. The second-order valence-electron chi connectivity index (χ2n) is 8.76. The van der Waals surface area contributed by atoms with Gasteiger partial charge in [-0.15, -0.1) is 0 Å². The van der Waals surface area contributed by atoms with Crippen molar-refractivity contribution in [1.29, 1.82) is 0 Å². The predicted molar refractivity (Wildman–Crippen MR) is 119 cm³/mol. The highest BCUT2D eigenvalue weighted by Gasteiger charge is 2.34. The molecule has 0 amide bonds. The van der Waals surface area contributed by atoms with E-state index in [9.17, 15) is 0 Å². The van der Waals surface area contributed by atoms with Crippen LogP contribution < -0.4 is 10.5 Å². The normalized spacial score (nSPS) is 25.3. The third-order valence-corrected chi connectivity index (χ3v) is 6.59. The number of pyridine rings is 1. The molecule has 4 heterocycles. The van der Waals surface area contributed by atoms with Crippen molar-refractivity contribution in [2.75, 3.05) is 12.3 Å². The molecule has 1 aliphatic carbocycles. The maximum atomic E-state index is 6.24. The van der Waals surface area contributed by atoms with E-state index in [2.05, 4.69) is 34.0 Å². The summed E-state index contributed by atoms with van der Waals surface area (Å²) in [5, 5.41) is 2.02. The van der Waals surface area contributed by atoms with E-state index < -0.39 is 0 Å². The van der Waals surface area contributed by atoms with Crippen LogP contribution >= 0.6 is 0 Å². The van der Waals surface area contributed by atoms with Crippen molar-refractivity contribution in [3.05, 3.63) is 54.6 Å². The van der Waals surface area contributed by atoms with Gasteiger partial charge in [0.25, 0.3) is 0 Å².